The molecule has 0 radical (unpaired) electrons. The third kappa shape index (κ3) is 7.74. The van der Waals surface area contributed by atoms with E-state index < -0.39 is 0 Å². The number of hydrogen-bond acceptors (Lipinski definition) is 4. The number of ether oxygens (including phenoxy) is 1. The molecule has 1 heterocycles. The Morgan fingerprint density at radius 2 is 1.96 bits per heavy atom. The second kappa shape index (κ2) is 11.5. The molecule has 0 unspecified atom stereocenters. The molecule has 0 bridgehead atoms. The number of aliphatic imine (C=N–C) groups is 1. The molecule has 1 saturated carbocycles. The van der Waals surface area contributed by atoms with Gasteiger partial charge in [-0.2, -0.15) is 0 Å². The normalized spacial score (nSPS) is 16.9. The lowest BCUT2D eigenvalue weighted by molar-refractivity contribution is 0.0468. The van der Waals surface area contributed by atoms with Crippen molar-refractivity contribution in [2.24, 2.45) is 4.99 Å². The topological polar surface area (TPSA) is 58.5 Å². The summed E-state index contributed by atoms with van der Waals surface area (Å²) in [5.74, 6) is 1.35. The minimum Gasteiger partial charge on any atom is -0.376 e. The van der Waals surface area contributed by atoms with Gasteiger partial charge in [0, 0.05) is 37.9 Å². The zero-order valence-corrected chi connectivity index (χ0v) is 16.8. The van der Waals surface area contributed by atoms with Crippen LogP contribution in [0.25, 0.3) is 0 Å². The van der Waals surface area contributed by atoms with E-state index in [2.05, 4.69) is 39.8 Å². The Morgan fingerprint density at radius 1 is 1.24 bits per heavy atom. The summed E-state index contributed by atoms with van der Waals surface area (Å²) >= 11 is 1.75. The first-order valence-corrected chi connectivity index (χ1v) is 10.6. The van der Waals surface area contributed by atoms with E-state index in [1.807, 2.05) is 0 Å². The summed E-state index contributed by atoms with van der Waals surface area (Å²) in [4.78, 5) is 8.94. The second-order valence-electron chi connectivity index (χ2n) is 6.99. The first-order chi connectivity index (χ1) is 12.2. The molecular formula is C19H34N4OS. The van der Waals surface area contributed by atoms with Crippen molar-refractivity contribution < 1.29 is 4.74 Å². The molecule has 1 aliphatic rings. The molecule has 0 aliphatic heterocycles. The molecule has 1 aromatic rings. The monoisotopic (exact) mass is 366 g/mol. The molecule has 2 rings (SSSR count). The fourth-order valence-electron chi connectivity index (χ4n) is 3.04. The lowest BCUT2D eigenvalue weighted by atomic mass is 10.1. The fourth-order valence-corrected chi connectivity index (χ4v) is 3.91. The van der Waals surface area contributed by atoms with Crippen LogP contribution in [-0.2, 0) is 11.2 Å². The van der Waals surface area contributed by atoms with Gasteiger partial charge in [0.15, 0.2) is 5.96 Å². The molecule has 1 aromatic heterocycles. The number of hydrogen-bond donors (Lipinski definition) is 2. The van der Waals surface area contributed by atoms with Crippen molar-refractivity contribution in [2.45, 2.75) is 70.8 Å². The van der Waals surface area contributed by atoms with Gasteiger partial charge >= 0.3 is 0 Å². The standard InChI is InChI=1S/C19H34N4OS/c1-15(2)18-23-16(14-25-18)10-11-21-19(20-3)22-12-13-24-17-8-6-4-5-7-9-17/h14-15,17H,4-13H2,1-3H3,(H2,20,21,22). The van der Waals surface area contributed by atoms with E-state index in [-0.39, 0.29) is 0 Å². The van der Waals surface area contributed by atoms with Crippen molar-refractivity contribution in [3.05, 3.63) is 16.1 Å². The van der Waals surface area contributed by atoms with Gasteiger partial charge in [0.05, 0.1) is 23.4 Å². The number of nitrogens with zero attached hydrogens (tertiary/aromatic N) is 2. The van der Waals surface area contributed by atoms with Crippen molar-refractivity contribution in [1.82, 2.24) is 15.6 Å². The van der Waals surface area contributed by atoms with Crippen LogP contribution in [0, 0.1) is 0 Å². The van der Waals surface area contributed by atoms with Crippen LogP contribution < -0.4 is 10.6 Å². The number of nitrogens with one attached hydrogen (secondary N) is 2. The van der Waals surface area contributed by atoms with Crippen LogP contribution >= 0.6 is 11.3 Å². The quantitative estimate of drug-likeness (QED) is 0.319. The molecule has 0 spiro atoms. The Hall–Kier alpha value is -1.14. The Kier molecular flexibility index (Phi) is 9.26. The van der Waals surface area contributed by atoms with Crippen LogP contribution in [-0.4, -0.2) is 43.8 Å². The smallest absolute Gasteiger partial charge is 0.191 e. The Bertz CT molecular complexity index is 507. The van der Waals surface area contributed by atoms with Gasteiger partial charge in [-0.25, -0.2) is 4.98 Å². The van der Waals surface area contributed by atoms with Crippen molar-refractivity contribution in [3.8, 4) is 0 Å². The molecule has 2 N–H and O–H groups in total. The van der Waals surface area contributed by atoms with E-state index in [0.29, 0.717) is 12.0 Å². The third-order valence-corrected chi connectivity index (χ3v) is 5.70. The molecule has 142 valence electrons. The Labute approximate surface area is 156 Å². The summed E-state index contributed by atoms with van der Waals surface area (Å²) in [6.07, 6.45) is 9.19. The molecule has 6 heteroatoms. The number of rotatable bonds is 8. The number of thiazole rings is 1. The summed E-state index contributed by atoms with van der Waals surface area (Å²) in [5, 5.41) is 10.1. The van der Waals surface area contributed by atoms with Crippen molar-refractivity contribution in [3.63, 3.8) is 0 Å². The van der Waals surface area contributed by atoms with Crippen LogP contribution in [0.2, 0.25) is 0 Å². The predicted octanol–water partition coefficient (Wildman–Crippen LogP) is 3.71. The van der Waals surface area contributed by atoms with Crippen molar-refractivity contribution >= 4 is 17.3 Å². The van der Waals surface area contributed by atoms with E-state index in [4.69, 9.17) is 4.74 Å². The highest BCUT2D eigenvalue weighted by atomic mass is 32.1. The molecule has 0 amide bonds. The molecule has 1 fully saturated rings. The largest absolute Gasteiger partial charge is 0.376 e. The van der Waals surface area contributed by atoms with Crippen LogP contribution in [0.5, 0.6) is 0 Å². The van der Waals surface area contributed by atoms with Gasteiger partial charge < -0.3 is 15.4 Å². The summed E-state index contributed by atoms with van der Waals surface area (Å²) in [6, 6.07) is 0. The van der Waals surface area contributed by atoms with Crippen molar-refractivity contribution in [2.75, 3.05) is 26.7 Å². The molecular weight excluding hydrogens is 332 g/mol. The van der Waals surface area contributed by atoms with Gasteiger partial charge in [0.1, 0.15) is 0 Å². The van der Waals surface area contributed by atoms with E-state index >= 15 is 0 Å². The average Bonchev–Trinajstić information content (AvgIpc) is 2.93. The predicted molar refractivity (Wildman–Crippen MR) is 107 cm³/mol. The zero-order valence-electron chi connectivity index (χ0n) is 16.0. The maximum absolute atomic E-state index is 6.00. The molecule has 1 aliphatic carbocycles. The van der Waals surface area contributed by atoms with E-state index in [9.17, 15) is 0 Å². The maximum Gasteiger partial charge on any atom is 0.191 e. The SMILES string of the molecule is CN=C(NCCOC1CCCCCC1)NCCc1csc(C(C)C)n1. The highest BCUT2D eigenvalue weighted by Gasteiger charge is 2.12. The van der Waals surface area contributed by atoms with Gasteiger partial charge in [-0.15, -0.1) is 11.3 Å². The summed E-state index contributed by atoms with van der Waals surface area (Å²) in [5.41, 5.74) is 1.16. The number of guanidine groups is 1. The van der Waals surface area contributed by atoms with Gasteiger partial charge in [-0.05, 0) is 12.8 Å². The van der Waals surface area contributed by atoms with E-state index in [1.54, 1.807) is 18.4 Å². The lowest BCUT2D eigenvalue weighted by Crippen LogP contribution is -2.40. The van der Waals surface area contributed by atoms with Crippen LogP contribution in [0.1, 0.15) is 69.0 Å². The molecule has 0 saturated heterocycles. The van der Waals surface area contributed by atoms with Crippen molar-refractivity contribution in [1.29, 1.82) is 0 Å². The Morgan fingerprint density at radius 3 is 2.60 bits per heavy atom. The van der Waals surface area contributed by atoms with Gasteiger partial charge in [-0.3, -0.25) is 4.99 Å². The molecule has 5 nitrogen and oxygen atoms in total. The fraction of sp³-hybridized carbons (Fsp3) is 0.789. The van der Waals surface area contributed by atoms with Crippen LogP contribution in [0.4, 0.5) is 0 Å². The second-order valence-corrected chi connectivity index (χ2v) is 7.88. The first kappa shape index (κ1) is 20.2. The summed E-state index contributed by atoms with van der Waals surface area (Å²) < 4.78 is 6.00. The minimum absolute atomic E-state index is 0.457. The highest BCUT2D eigenvalue weighted by molar-refractivity contribution is 7.09. The summed E-state index contributed by atoms with van der Waals surface area (Å²) in [7, 11) is 1.81. The van der Waals surface area contributed by atoms with Gasteiger partial charge in [-0.1, -0.05) is 39.5 Å². The van der Waals surface area contributed by atoms with Gasteiger partial charge in [0.25, 0.3) is 0 Å². The minimum atomic E-state index is 0.457. The van der Waals surface area contributed by atoms with Crippen LogP contribution in [0.3, 0.4) is 0 Å². The van der Waals surface area contributed by atoms with Crippen LogP contribution in [0.15, 0.2) is 10.4 Å². The van der Waals surface area contributed by atoms with Gasteiger partial charge in [0.2, 0.25) is 0 Å². The van der Waals surface area contributed by atoms with E-state index in [0.717, 1.165) is 37.8 Å². The number of aromatic nitrogens is 1. The first-order valence-electron chi connectivity index (χ1n) is 9.69. The molecule has 0 atom stereocenters. The lowest BCUT2D eigenvalue weighted by Gasteiger charge is -2.16. The highest BCUT2D eigenvalue weighted by Crippen LogP contribution is 2.20. The average molecular weight is 367 g/mol. The maximum atomic E-state index is 6.00. The third-order valence-electron chi connectivity index (χ3n) is 4.51. The Balaban J connectivity index is 1.58. The summed E-state index contributed by atoms with van der Waals surface area (Å²) in [6.45, 7) is 6.75. The molecule has 25 heavy (non-hydrogen) atoms. The van der Waals surface area contributed by atoms with E-state index in [1.165, 1.54) is 43.5 Å². The zero-order chi connectivity index (χ0) is 17.9. The molecule has 0 aromatic carbocycles.